The number of allylic oxidation sites excluding steroid dienone is 3. The average molecular weight is 189 g/mol. The van der Waals surface area contributed by atoms with E-state index in [1.165, 1.54) is 0 Å². The Balaban J connectivity index is 3.57. The molecule has 0 atom stereocenters. The van der Waals surface area contributed by atoms with Crippen molar-refractivity contribution in [3.05, 3.63) is 16.6 Å². The van der Waals surface area contributed by atoms with Crippen molar-refractivity contribution < 1.29 is 4.79 Å². The lowest BCUT2D eigenvalue weighted by molar-refractivity contribution is 0.568. The highest BCUT2D eigenvalue weighted by Gasteiger charge is 1.79. The molecule has 0 rings (SSSR count). The van der Waals surface area contributed by atoms with Gasteiger partial charge in [0.15, 0.2) is 0 Å². The molecular formula is C7H9BrO. The van der Waals surface area contributed by atoms with Crippen LogP contribution in [0.1, 0.15) is 19.8 Å². The maximum absolute atomic E-state index is 9.84. The molecule has 0 radical (unpaired) electrons. The molecule has 0 spiro atoms. The third kappa shape index (κ3) is 5.54. The van der Waals surface area contributed by atoms with Gasteiger partial charge in [0, 0.05) is 0 Å². The Kier molecular flexibility index (Phi) is 5.59. The van der Waals surface area contributed by atoms with Gasteiger partial charge in [0.1, 0.15) is 10.4 Å². The fraction of sp³-hybridized carbons (Fsp3) is 0.429. The number of halogens is 1. The monoisotopic (exact) mass is 188 g/mol. The summed E-state index contributed by atoms with van der Waals surface area (Å²) in [4.78, 5) is 9.84. The molecule has 1 nitrogen and oxygen atoms in total. The molecule has 0 aromatic rings. The lowest BCUT2D eigenvalue weighted by Gasteiger charge is -1.80. The topological polar surface area (TPSA) is 17.1 Å². The van der Waals surface area contributed by atoms with Crippen molar-refractivity contribution in [1.82, 2.24) is 0 Å². The normalized spacial score (nSPS) is 9.56. The van der Waals surface area contributed by atoms with Crippen molar-refractivity contribution in [2.75, 3.05) is 0 Å². The van der Waals surface area contributed by atoms with Crippen molar-refractivity contribution in [3.8, 4) is 0 Å². The van der Waals surface area contributed by atoms with Gasteiger partial charge in [-0.2, -0.15) is 0 Å². The third-order valence-corrected chi connectivity index (χ3v) is 1.24. The first kappa shape index (κ1) is 8.67. The van der Waals surface area contributed by atoms with Crippen molar-refractivity contribution in [1.29, 1.82) is 0 Å². The van der Waals surface area contributed by atoms with E-state index in [0.29, 0.717) is 4.48 Å². The number of carbonyl (C=O) groups excluding carboxylic acids is 1. The Morgan fingerprint density at radius 3 is 2.89 bits per heavy atom. The van der Waals surface area contributed by atoms with Gasteiger partial charge in [-0.3, -0.25) is 0 Å². The molecule has 0 unspecified atom stereocenters. The summed E-state index contributed by atoms with van der Waals surface area (Å²) in [6.45, 7) is 2.09. The SMILES string of the molecule is CCC/C=C\C(Br)=C=O. The van der Waals surface area contributed by atoms with Gasteiger partial charge < -0.3 is 0 Å². The highest BCUT2D eigenvalue weighted by Crippen LogP contribution is 2.01. The van der Waals surface area contributed by atoms with Crippen LogP contribution in [0.25, 0.3) is 0 Å². The molecule has 0 amide bonds. The fourth-order valence-electron chi connectivity index (χ4n) is 0.387. The first-order chi connectivity index (χ1) is 4.31. The molecule has 0 aliphatic heterocycles. The van der Waals surface area contributed by atoms with Crippen LogP contribution in [0.4, 0.5) is 0 Å². The van der Waals surface area contributed by atoms with Gasteiger partial charge in [0.2, 0.25) is 0 Å². The van der Waals surface area contributed by atoms with E-state index in [1.807, 2.05) is 6.08 Å². The van der Waals surface area contributed by atoms with Gasteiger partial charge in [0.25, 0.3) is 0 Å². The minimum Gasteiger partial charge on any atom is -0.232 e. The maximum Gasteiger partial charge on any atom is 0.139 e. The van der Waals surface area contributed by atoms with E-state index >= 15 is 0 Å². The molecule has 0 aliphatic rings. The summed E-state index contributed by atoms with van der Waals surface area (Å²) in [5.41, 5.74) is 0. The highest BCUT2D eigenvalue weighted by atomic mass is 79.9. The van der Waals surface area contributed by atoms with Crippen LogP contribution in [0.2, 0.25) is 0 Å². The quantitative estimate of drug-likeness (QED) is 0.492. The lowest BCUT2D eigenvalue weighted by atomic mass is 10.3. The zero-order valence-electron chi connectivity index (χ0n) is 5.36. The summed E-state index contributed by atoms with van der Waals surface area (Å²) >= 11 is 3.01. The van der Waals surface area contributed by atoms with E-state index in [0.717, 1.165) is 12.8 Å². The standard InChI is InChI=1S/C7H9BrO/c1-2-3-4-5-7(8)6-9/h4-5H,2-3H2,1H3/b5-4-. The van der Waals surface area contributed by atoms with Crippen LogP contribution in [0.3, 0.4) is 0 Å². The van der Waals surface area contributed by atoms with Crippen molar-refractivity contribution in [3.63, 3.8) is 0 Å². The van der Waals surface area contributed by atoms with E-state index in [9.17, 15) is 4.79 Å². The van der Waals surface area contributed by atoms with E-state index in [2.05, 4.69) is 22.9 Å². The zero-order valence-corrected chi connectivity index (χ0v) is 6.94. The van der Waals surface area contributed by atoms with Gasteiger partial charge in [-0.05, 0) is 28.4 Å². The second-order valence-corrected chi connectivity index (χ2v) is 2.50. The first-order valence-corrected chi connectivity index (χ1v) is 3.67. The van der Waals surface area contributed by atoms with Gasteiger partial charge in [-0.1, -0.05) is 19.4 Å². The average Bonchev–Trinajstić information content (AvgIpc) is 1.89. The summed E-state index contributed by atoms with van der Waals surface area (Å²) < 4.78 is 0.482. The molecule has 0 bridgehead atoms. The van der Waals surface area contributed by atoms with Crippen LogP contribution in [0, 0.1) is 0 Å². The minimum absolute atomic E-state index is 0.482. The zero-order chi connectivity index (χ0) is 7.11. The fourth-order valence-corrected chi connectivity index (χ4v) is 0.574. The summed E-state index contributed by atoms with van der Waals surface area (Å²) in [6, 6.07) is 0. The van der Waals surface area contributed by atoms with E-state index in [-0.39, 0.29) is 0 Å². The van der Waals surface area contributed by atoms with Crippen molar-refractivity contribution in [2.45, 2.75) is 19.8 Å². The molecule has 0 aromatic heterocycles. The molecule has 50 valence electrons. The predicted molar refractivity (Wildman–Crippen MR) is 42.2 cm³/mol. The number of hydrogen-bond acceptors (Lipinski definition) is 1. The molecular weight excluding hydrogens is 180 g/mol. The van der Waals surface area contributed by atoms with E-state index in [1.54, 1.807) is 12.0 Å². The van der Waals surface area contributed by atoms with Gasteiger partial charge in [-0.15, -0.1) is 0 Å². The van der Waals surface area contributed by atoms with Crippen LogP contribution in [-0.2, 0) is 4.79 Å². The molecule has 0 saturated carbocycles. The lowest BCUT2D eigenvalue weighted by Crippen LogP contribution is -1.63. The molecule has 2 heteroatoms. The molecule has 0 fully saturated rings. The van der Waals surface area contributed by atoms with Crippen molar-refractivity contribution >= 4 is 21.9 Å². The molecule has 0 heterocycles. The van der Waals surface area contributed by atoms with Gasteiger partial charge in [0.05, 0.1) is 0 Å². The maximum atomic E-state index is 9.84. The number of hydrogen-bond donors (Lipinski definition) is 0. The second-order valence-electron chi connectivity index (χ2n) is 1.64. The second kappa shape index (κ2) is 5.80. The Labute approximate surface area is 63.6 Å². The third-order valence-electron chi connectivity index (χ3n) is 0.817. The minimum atomic E-state index is 0.482. The largest absolute Gasteiger partial charge is 0.232 e. The van der Waals surface area contributed by atoms with Crippen LogP contribution >= 0.6 is 15.9 Å². The Hall–Kier alpha value is -0.330. The highest BCUT2D eigenvalue weighted by molar-refractivity contribution is 9.12. The van der Waals surface area contributed by atoms with Crippen LogP contribution in [0.5, 0.6) is 0 Å². The van der Waals surface area contributed by atoms with Crippen LogP contribution < -0.4 is 0 Å². The number of rotatable bonds is 3. The number of unbranched alkanes of at least 4 members (excludes halogenated alkanes) is 1. The molecule has 0 aromatic carbocycles. The van der Waals surface area contributed by atoms with Gasteiger partial charge >= 0.3 is 0 Å². The van der Waals surface area contributed by atoms with Gasteiger partial charge in [-0.25, -0.2) is 4.79 Å². The summed E-state index contributed by atoms with van der Waals surface area (Å²) in [5, 5.41) is 0. The Morgan fingerprint density at radius 1 is 1.78 bits per heavy atom. The van der Waals surface area contributed by atoms with Crippen LogP contribution in [-0.4, -0.2) is 5.94 Å². The first-order valence-electron chi connectivity index (χ1n) is 2.88. The molecule has 0 aliphatic carbocycles. The summed E-state index contributed by atoms with van der Waals surface area (Å²) in [6.07, 6.45) is 5.78. The van der Waals surface area contributed by atoms with Crippen molar-refractivity contribution in [2.24, 2.45) is 0 Å². The van der Waals surface area contributed by atoms with Crippen LogP contribution in [0.15, 0.2) is 16.6 Å². The molecule has 0 N–H and O–H groups in total. The Bertz CT molecular complexity index is 143. The summed E-state index contributed by atoms with van der Waals surface area (Å²) in [7, 11) is 0. The molecule has 0 saturated heterocycles. The molecule has 9 heavy (non-hydrogen) atoms. The van der Waals surface area contributed by atoms with E-state index < -0.39 is 0 Å². The van der Waals surface area contributed by atoms with E-state index in [4.69, 9.17) is 0 Å². The smallest absolute Gasteiger partial charge is 0.139 e. The predicted octanol–water partition coefficient (Wildman–Crippen LogP) is 2.45. The Morgan fingerprint density at radius 2 is 2.44 bits per heavy atom. The summed E-state index contributed by atoms with van der Waals surface area (Å²) in [5.74, 6) is 1.72.